The Balaban J connectivity index is 0.00000671. The van der Waals surface area contributed by atoms with Gasteiger partial charge in [0, 0.05) is 64.7 Å². The number of phenolic OH excluding ortho intramolecular Hbond substituents is 4. The number of amides is 12. The first-order valence-corrected chi connectivity index (χ1v) is 44.9. The molecule has 0 spiro atoms. The summed E-state index contributed by atoms with van der Waals surface area (Å²) in [6.07, 6.45) is -19.3. The summed E-state index contributed by atoms with van der Waals surface area (Å²) in [5.41, 5.74) is 35.6. The SMILES string of the molecule is CC(C)C[C@H](NC(=O)[C@H](CCCNC(=N)N)NC(=O)[C@H](Cc1ccc(O)cc1)NC(=O)CCCCCCC(=O)N[C@@H](Cc1ccc(O)cc1)C(=O)N[C@@H](CCCNC(=N)N)C(=O)N[C@@H](CC(C)C)C(=O)N[C@@H](CCCNC(=N)N)C(=O)N[C@@H](Cc1ccc(O)cc1)C(N)=O)C(=O)N[C@@H](CCCNC(=N)N)C(=O)N[C@@H](Cc1ccc(O)cc1)C(N)=O.O=C(O)C(F)(F)F.O=C(O)C(F)(F)F.O=C(O)C(F)(F)F.O=C(O)C(F)(F)F. The molecule has 826 valence electrons. The van der Waals surface area contributed by atoms with Crippen LogP contribution in [0.1, 0.15) is 153 Å². The van der Waals surface area contributed by atoms with Crippen molar-refractivity contribution in [1.82, 2.24) is 74.4 Å². The first kappa shape index (κ1) is 132. The molecule has 0 aromatic heterocycles. The van der Waals surface area contributed by atoms with Gasteiger partial charge in [-0.1, -0.05) is 89.1 Å². The van der Waals surface area contributed by atoms with Gasteiger partial charge < -0.3 is 150 Å². The molecule has 48 nitrogen and oxygen atoms in total. The Kier molecular flexibility index (Phi) is 59.4. The lowest BCUT2D eigenvalue weighted by Gasteiger charge is -2.28. The van der Waals surface area contributed by atoms with Gasteiger partial charge in [0.25, 0.3) is 0 Å². The van der Waals surface area contributed by atoms with E-state index in [1.807, 2.05) is 0 Å². The van der Waals surface area contributed by atoms with Gasteiger partial charge in [0.2, 0.25) is 70.9 Å². The zero-order valence-electron chi connectivity index (χ0n) is 80.2. The number of carboxylic acid groups (broad SMARTS) is 4. The van der Waals surface area contributed by atoms with Crippen molar-refractivity contribution >= 4 is 119 Å². The second-order valence-corrected chi connectivity index (χ2v) is 33.3. The molecule has 0 aliphatic rings. The highest BCUT2D eigenvalue weighted by Crippen LogP contribution is 2.22. The van der Waals surface area contributed by atoms with Crippen molar-refractivity contribution in [3.8, 4) is 23.0 Å². The molecule has 0 unspecified atom stereocenters. The van der Waals surface area contributed by atoms with Crippen molar-refractivity contribution in [2.45, 2.75) is 241 Å². The Morgan fingerprint density at radius 1 is 0.264 bits per heavy atom. The van der Waals surface area contributed by atoms with Crippen molar-refractivity contribution in [2.24, 2.45) is 46.2 Å². The first-order valence-electron chi connectivity index (χ1n) is 44.9. The number of carboxylic acids is 4. The number of guanidine groups is 4. The molecule has 0 bridgehead atoms. The summed E-state index contributed by atoms with van der Waals surface area (Å²) in [4.78, 5) is 204. The minimum absolute atomic E-state index is 0.0159. The van der Waals surface area contributed by atoms with E-state index in [2.05, 4.69) is 74.4 Å². The molecule has 60 heteroatoms. The second-order valence-electron chi connectivity index (χ2n) is 33.3. The Morgan fingerprint density at radius 3 is 0.608 bits per heavy atom. The maximum absolute atomic E-state index is 14.6. The summed E-state index contributed by atoms with van der Waals surface area (Å²) < 4.78 is 127. The second kappa shape index (κ2) is 66.7. The average Bonchev–Trinajstić information content (AvgIpc) is 0.837. The third-order valence-electron chi connectivity index (χ3n) is 19.8. The van der Waals surface area contributed by atoms with Crippen LogP contribution >= 0.6 is 0 Å². The topological polar surface area (TPSA) is 855 Å². The molecule has 4 aromatic rings. The Bertz CT molecular complexity index is 4660. The minimum atomic E-state index is -5.08. The van der Waals surface area contributed by atoms with Crippen LogP contribution in [0.15, 0.2) is 97.1 Å². The highest BCUT2D eigenvalue weighted by Gasteiger charge is 2.42. The fourth-order valence-electron chi connectivity index (χ4n) is 12.6. The summed E-state index contributed by atoms with van der Waals surface area (Å²) in [6.45, 7) is 7.49. The molecule has 0 fully saturated rings. The van der Waals surface area contributed by atoms with Crippen LogP contribution in [0.4, 0.5) is 52.7 Å². The van der Waals surface area contributed by atoms with Gasteiger partial charge in [-0.2, -0.15) is 52.7 Å². The maximum Gasteiger partial charge on any atom is 0.490 e. The summed E-state index contributed by atoms with van der Waals surface area (Å²) in [5, 5.41) is 136. The fraction of sp³-hybridized carbons (Fsp3) is 0.500. The quantitative estimate of drug-likeness (QED) is 0.0125. The van der Waals surface area contributed by atoms with Gasteiger partial charge in [0.05, 0.1) is 0 Å². The number of nitrogens with one attached hydrogen (secondary N) is 18. The van der Waals surface area contributed by atoms with E-state index in [0.717, 1.165) is 0 Å². The van der Waals surface area contributed by atoms with Crippen molar-refractivity contribution in [1.29, 1.82) is 21.6 Å². The van der Waals surface area contributed by atoms with Gasteiger partial charge in [-0.25, -0.2) is 19.2 Å². The zero-order valence-corrected chi connectivity index (χ0v) is 80.2. The molecule has 0 saturated heterocycles. The smallest absolute Gasteiger partial charge is 0.490 e. The molecule has 0 radical (unpaired) electrons. The van der Waals surface area contributed by atoms with Gasteiger partial charge in [0.15, 0.2) is 23.8 Å². The number of carbonyl (C=O) groups excluding carboxylic acids is 12. The van der Waals surface area contributed by atoms with Gasteiger partial charge in [-0.15, -0.1) is 0 Å². The maximum atomic E-state index is 14.6. The lowest BCUT2D eigenvalue weighted by atomic mass is 10.00. The van der Waals surface area contributed by atoms with E-state index in [-0.39, 0.29) is 200 Å². The molecule has 0 heterocycles. The summed E-state index contributed by atoms with van der Waals surface area (Å²) in [5.74, 6) is -22.7. The third kappa shape index (κ3) is 60.4. The van der Waals surface area contributed by atoms with E-state index in [9.17, 15) is 131 Å². The van der Waals surface area contributed by atoms with Crippen LogP contribution in [-0.2, 0) is 102 Å². The van der Waals surface area contributed by atoms with Crippen LogP contribution in [0.25, 0.3) is 0 Å². The summed E-state index contributed by atoms with van der Waals surface area (Å²) in [7, 11) is 0. The molecule has 38 N–H and O–H groups in total. The Labute approximate surface area is 837 Å². The number of hydrogen-bond acceptors (Lipinski definition) is 24. The normalized spacial score (nSPS) is 13.1. The van der Waals surface area contributed by atoms with E-state index < -0.39 is 180 Å². The van der Waals surface area contributed by atoms with E-state index in [1.165, 1.54) is 97.1 Å². The fourth-order valence-corrected chi connectivity index (χ4v) is 12.6. The number of carbonyl (C=O) groups is 16. The number of aromatic hydroxyl groups is 4. The van der Waals surface area contributed by atoms with Gasteiger partial charge >= 0.3 is 48.6 Å². The van der Waals surface area contributed by atoms with Gasteiger partial charge in [-0.3, -0.25) is 79.2 Å². The number of rotatable bonds is 55. The number of benzene rings is 4. The molecule has 4 aromatic carbocycles. The van der Waals surface area contributed by atoms with Gasteiger partial charge in [-0.05, 0) is 160 Å². The van der Waals surface area contributed by atoms with Crippen molar-refractivity contribution in [3.63, 3.8) is 0 Å². The van der Waals surface area contributed by atoms with E-state index in [4.69, 9.17) is 95.6 Å². The number of phenols is 4. The van der Waals surface area contributed by atoms with E-state index >= 15 is 0 Å². The monoisotopic (exact) mass is 2130 g/mol. The molecule has 0 aliphatic carbocycles. The molecule has 12 amide bonds. The summed E-state index contributed by atoms with van der Waals surface area (Å²) in [6, 6.07) is 10.0. The molecule has 0 aliphatic heterocycles. The molecular weight excluding hydrogens is 2010 g/mol. The number of nitrogens with two attached hydrogens (primary N) is 6. The standard InChI is InChI=1S/C80H122N24O16.4C2HF3O2/c1-45(2)39-61(73(117)97-55(13-9-35-91-77(83)84)69(113)101-59(67(81)111)41-47-19-27-51(105)28-20-47)103-71(115)57(15-11-37-93-79(87)88)99-75(119)63(43-49-23-31-53(107)32-24-49)95-65(109)17-7-5-6-8-18-66(110)96-64(44-50-25-33-54(108)34-26-50)76(120)100-58(16-12-38-94-80(89)90)72(116)104-62(40-46(3)4)74(118)98-56(14-10-36-92-78(85)86)70(114)102-60(68(82)112)42-48-21-29-52(106)30-22-48;4*3-2(4,5)1(6)7/h19-34,45-46,55-64,105-108H,5-18,35-44H2,1-4H3,(H2,81,111)(H2,82,112)(H,95,109)(H,96,110)(H,97,117)(H,98,118)(H,99,119)(H,100,120)(H,101,113)(H,102,114)(H,103,115)(H,104,116)(H4,83,84,91)(H4,85,86,92)(H4,87,88,93)(H4,89,90,94);4*(H,6,7)/t55-,56-,57-,58-,59-,60-,61-,62-,63-,64-;;;;/m0..../s1. The highest BCUT2D eigenvalue weighted by molar-refractivity contribution is 5.99. The number of unbranched alkanes of at least 4 members (excludes halogenated alkanes) is 3. The minimum Gasteiger partial charge on any atom is -0.508 e. The molecule has 0 saturated carbocycles. The van der Waals surface area contributed by atoms with Crippen LogP contribution in [0.3, 0.4) is 0 Å². The van der Waals surface area contributed by atoms with Crippen LogP contribution < -0.4 is 109 Å². The number of aliphatic carboxylic acids is 4. The Morgan fingerprint density at radius 2 is 0.432 bits per heavy atom. The highest BCUT2D eigenvalue weighted by atomic mass is 19.4. The van der Waals surface area contributed by atoms with Crippen LogP contribution in [0, 0.1) is 33.5 Å². The lowest BCUT2D eigenvalue weighted by Crippen LogP contribution is -2.59. The third-order valence-corrected chi connectivity index (χ3v) is 19.8. The first-order chi connectivity index (χ1) is 68.6. The van der Waals surface area contributed by atoms with Crippen LogP contribution in [0.5, 0.6) is 23.0 Å². The van der Waals surface area contributed by atoms with Crippen molar-refractivity contribution in [3.05, 3.63) is 119 Å². The number of primary amides is 2. The Hall–Kier alpha value is -16.2. The number of alkyl halides is 12. The molecule has 148 heavy (non-hydrogen) atoms. The summed E-state index contributed by atoms with van der Waals surface area (Å²) >= 11 is 0. The van der Waals surface area contributed by atoms with Crippen LogP contribution in [0.2, 0.25) is 0 Å². The molecule has 10 atom stereocenters. The largest absolute Gasteiger partial charge is 0.508 e. The number of halogens is 12. The predicted molar refractivity (Wildman–Crippen MR) is 503 cm³/mol. The van der Waals surface area contributed by atoms with E-state index in [1.54, 1.807) is 27.7 Å². The number of hydrogen-bond donors (Lipinski definition) is 32. The van der Waals surface area contributed by atoms with Crippen LogP contribution in [-0.4, -0.2) is 271 Å². The van der Waals surface area contributed by atoms with Crippen molar-refractivity contribution < 1.29 is 170 Å². The lowest BCUT2D eigenvalue weighted by molar-refractivity contribution is -0.193. The predicted octanol–water partition coefficient (Wildman–Crippen LogP) is 0.617. The average molecular weight is 2130 g/mol. The molecular formula is C88H126F12N24O24. The molecule has 4 rings (SSSR count). The van der Waals surface area contributed by atoms with Crippen molar-refractivity contribution in [2.75, 3.05) is 26.2 Å². The van der Waals surface area contributed by atoms with E-state index in [0.29, 0.717) is 35.1 Å². The zero-order chi connectivity index (χ0) is 113. The van der Waals surface area contributed by atoms with Gasteiger partial charge in [0.1, 0.15) is 83.4 Å².